The Hall–Kier alpha value is -3.66. The summed E-state index contributed by atoms with van der Waals surface area (Å²) in [6.45, 7) is 15.6. The quantitative estimate of drug-likeness (QED) is 0.332. The third-order valence-electron chi connectivity index (χ3n) is 9.53. The van der Waals surface area contributed by atoms with Crippen LogP contribution in [0.5, 0.6) is 5.75 Å². The first-order valence-electron chi connectivity index (χ1n) is 15.4. The Morgan fingerprint density at radius 1 is 1.13 bits per heavy atom. The Morgan fingerprint density at radius 2 is 1.80 bits per heavy atom. The van der Waals surface area contributed by atoms with E-state index in [-0.39, 0.29) is 31.5 Å². The van der Waals surface area contributed by atoms with Gasteiger partial charge < -0.3 is 29.3 Å². The van der Waals surface area contributed by atoms with E-state index in [1.807, 2.05) is 32.9 Å². The molecular formula is C35H42ClN3O6. The highest BCUT2D eigenvalue weighted by atomic mass is 35.5. The average molecular weight is 636 g/mol. The second-order valence-corrected chi connectivity index (χ2v) is 12.7. The highest BCUT2D eigenvalue weighted by Gasteiger charge is 2.78. The fourth-order valence-electron chi connectivity index (χ4n) is 7.62. The Morgan fingerprint density at radius 3 is 2.40 bits per heavy atom. The van der Waals surface area contributed by atoms with Crippen LogP contribution in [0.3, 0.4) is 0 Å². The van der Waals surface area contributed by atoms with E-state index in [4.69, 9.17) is 21.1 Å². The van der Waals surface area contributed by atoms with E-state index in [0.29, 0.717) is 41.6 Å². The lowest BCUT2D eigenvalue weighted by Gasteiger charge is -2.39. The molecule has 240 valence electrons. The molecule has 1 N–H and O–H groups in total. The number of ether oxygens (including phenoxy) is 2. The van der Waals surface area contributed by atoms with Gasteiger partial charge in [-0.1, -0.05) is 35.9 Å². The zero-order valence-corrected chi connectivity index (χ0v) is 27.1. The number of benzene rings is 2. The van der Waals surface area contributed by atoms with Gasteiger partial charge in [-0.15, -0.1) is 13.2 Å². The van der Waals surface area contributed by atoms with Crippen LogP contribution >= 0.6 is 11.6 Å². The minimum Gasteiger partial charge on any atom is -0.494 e. The molecule has 2 aromatic carbocycles. The molecule has 0 aromatic heterocycles. The van der Waals surface area contributed by atoms with Gasteiger partial charge in [0.15, 0.2) is 0 Å². The molecule has 1 spiro atoms. The van der Waals surface area contributed by atoms with Crippen molar-refractivity contribution in [2.24, 2.45) is 11.8 Å². The van der Waals surface area contributed by atoms with Gasteiger partial charge >= 0.3 is 0 Å². The molecule has 3 aliphatic rings. The predicted octanol–water partition coefficient (Wildman–Crippen LogP) is 4.93. The van der Waals surface area contributed by atoms with Crippen LogP contribution < -0.4 is 14.5 Å². The van der Waals surface area contributed by atoms with Crippen LogP contribution in [-0.4, -0.2) is 77.3 Å². The Kier molecular flexibility index (Phi) is 9.18. The van der Waals surface area contributed by atoms with Gasteiger partial charge in [0.2, 0.25) is 11.8 Å². The maximum absolute atomic E-state index is 14.8. The summed E-state index contributed by atoms with van der Waals surface area (Å²) in [5, 5.41) is 10.7. The highest BCUT2D eigenvalue weighted by Crippen LogP contribution is 2.64. The van der Waals surface area contributed by atoms with Crippen molar-refractivity contribution in [3.63, 3.8) is 0 Å². The summed E-state index contributed by atoms with van der Waals surface area (Å²) in [7, 11) is 0. The first-order chi connectivity index (χ1) is 21.5. The number of halogens is 1. The summed E-state index contributed by atoms with van der Waals surface area (Å²) in [5.41, 5.74) is -0.329. The molecule has 3 saturated heterocycles. The predicted molar refractivity (Wildman–Crippen MR) is 175 cm³/mol. The van der Waals surface area contributed by atoms with Gasteiger partial charge in [-0.05, 0) is 76.4 Å². The normalized spacial score (nSPS) is 27.2. The lowest BCUT2D eigenvalue weighted by atomic mass is 9.66. The summed E-state index contributed by atoms with van der Waals surface area (Å²) in [4.78, 5) is 48.5. The number of aryl methyl sites for hydroxylation is 1. The molecule has 3 fully saturated rings. The number of rotatable bonds is 12. The van der Waals surface area contributed by atoms with Crippen molar-refractivity contribution in [1.29, 1.82) is 0 Å². The summed E-state index contributed by atoms with van der Waals surface area (Å²) in [5.74, 6) is -2.17. The molecule has 0 saturated carbocycles. The fraction of sp³-hybridized carbons (Fsp3) is 0.457. The van der Waals surface area contributed by atoms with Crippen molar-refractivity contribution >= 4 is 40.7 Å². The molecule has 45 heavy (non-hydrogen) atoms. The van der Waals surface area contributed by atoms with E-state index >= 15 is 0 Å². The van der Waals surface area contributed by atoms with Gasteiger partial charge in [0.25, 0.3) is 5.91 Å². The van der Waals surface area contributed by atoms with Gasteiger partial charge in [0.05, 0.1) is 47.4 Å². The number of carbonyl (C=O) groups is 3. The smallest absolute Gasteiger partial charge is 0.253 e. The SMILES string of the molecule is C=CCN(C(=O)[C@H]1[C@H]2C(=O)N([C@H](C)CO)C(C(=O)N(CC=C)c3c(C)cccc3Cl)C23CC[C@]1(C)O3)c1ccc(OCC)cc1. The van der Waals surface area contributed by atoms with Crippen LogP contribution in [0.25, 0.3) is 0 Å². The monoisotopic (exact) mass is 635 g/mol. The lowest BCUT2D eigenvalue weighted by Crippen LogP contribution is -2.58. The van der Waals surface area contributed by atoms with Crippen molar-refractivity contribution in [2.75, 3.05) is 36.1 Å². The number of hydrogen-bond acceptors (Lipinski definition) is 6. The van der Waals surface area contributed by atoms with E-state index in [2.05, 4.69) is 13.2 Å². The van der Waals surface area contributed by atoms with Crippen LogP contribution in [0.2, 0.25) is 5.02 Å². The van der Waals surface area contributed by atoms with E-state index < -0.39 is 41.0 Å². The minimum absolute atomic E-state index is 0.140. The molecule has 2 unspecified atom stereocenters. The van der Waals surface area contributed by atoms with Gasteiger partial charge in [-0.2, -0.15) is 0 Å². The summed E-state index contributed by atoms with van der Waals surface area (Å²) in [6.07, 6.45) is 4.14. The van der Waals surface area contributed by atoms with Crippen molar-refractivity contribution < 1.29 is 29.0 Å². The minimum atomic E-state index is -1.28. The number of carbonyl (C=O) groups excluding carboxylic acids is 3. The van der Waals surface area contributed by atoms with Crippen LogP contribution in [-0.2, 0) is 19.1 Å². The second kappa shape index (κ2) is 12.6. The van der Waals surface area contributed by atoms with E-state index in [1.54, 1.807) is 54.3 Å². The molecular weight excluding hydrogens is 594 g/mol. The maximum Gasteiger partial charge on any atom is 0.253 e. The number of nitrogens with zero attached hydrogens (tertiary/aromatic N) is 3. The number of anilines is 2. The number of aliphatic hydroxyl groups is 1. The Bertz CT molecular complexity index is 1480. The molecule has 0 aliphatic carbocycles. The van der Waals surface area contributed by atoms with Gasteiger partial charge in [0.1, 0.15) is 17.4 Å². The number of para-hydroxylation sites is 1. The van der Waals surface area contributed by atoms with Crippen LogP contribution in [0.4, 0.5) is 11.4 Å². The first-order valence-corrected chi connectivity index (χ1v) is 15.8. The lowest BCUT2D eigenvalue weighted by molar-refractivity contribution is -0.147. The molecule has 9 nitrogen and oxygen atoms in total. The first kappa shape index (κ1) is 32.7. The van der Waals surface area contributed by atoms with Crippen molar-refractivity contribution in [3.05, 3.63) is 78.4 Å². The zero-order valence-electron chi connectivity index (χ0n) is 26.4. The summed E-state index contributed by atoms with van der Waals surface area (Å²) in [6, 6.07) is 10.8. The Balaban J connectivity index is 1.60. The van der Waals surface area contributed by atoms with Gasteiger partial charge in [-0.3, -0.25) is 14.4 Å². The van der Waals surface area contributed by atoms with E-state index in [9.17, 15) is 19.5 Å². The Labute approximate surface area is 270 Å². The highest BCUT2D eigenvalue weighted by molar-refractivity contribution is 6.34. The topological polar surface area (TPSA) is 99.6 Å². The molecule has 10 heteroatoms. The maximum atomic E-state index is 14.8. The molecule has 0 radical (unpaired) electrons. The zero-order chi connectivity index (χ0) is 32.7. The third-order valence-corrected chi connectivity index (χ3v) is 9.83. The summed E-state index contributed by atoms with van der Waals surface area (Å²) < 4.78 is 12.4. The van der Waals surface area contributed by atoms with Gasteiger partial charge in [0, 0.05) is 18.8 Å². The third kappa shape index (κ3) is 5.24. The molecule has 2 bridgehead atoms. The molecule has 3 heterocycles. The standard InChI is InChI=1S/C35H42ClN3O6/c1-7-19-37(24-13-15-25(16-14-24)44-9-3)31(41)27-28-32(42)39(23(5)21-40)30(35(28)18-17-34(27,6)45-35)33(43)38(20-8-2)29-22(4)11-10-12-26(29)36/h7-8,10-16,23,27-28,30,40H,1-2,9,17-21H2,3-6H3/t23-,27-,28+,30?,34+,35?/m1/s1. The second-order valence-electron chi connectivity index (χ2n) is 12.3. The van der Waals surface area contributed by atoms with Crippen LogP contribution in [0, 0.1) is 18.8 Å². The molecule has 6 atom stereocenters. The van der Waals surface area contributed by atoms with E-state index in [1.165, 1.54) is 9.80 Å². The average Bonchev–Trinajstić information content (AvgIpc) is 3.59. The van der Waals surface area contributed by atoms with E-state index in [0.717, 1.165) is 5.56 Å². The number of fused-ring (bicyclic) bond motifs is 1. The number of aliphatic hydroxyl groups excluding tert-OH is 1. The molecule has 3 aliphatic heterocycles. The summed E-state index contributed by atoms with van der Waals surface area (Å²) >= 11 is 6.64. The fourth-order valence-corrected chi connectivity index (χ4v) is 7.95. The largest absolute Gasteiger partial charge is 0.494 e. The number of likely N-dealkylation sites (tertiary alicyclic amines) is 1. The molecule has 2 aromatic rings. The van der Waals surface area contributed by atoms with Crippen molar-refractivity contribution in [3.8, 4) is 5.75 Å². The molecule has 3 amide bonds. The van der Waals surface area contributed by atoms with Crippen molar-refractivity contribution in [1.82, 2.24) is 4.90 Å². The van der Waals surface area contributed by atoms with Crippen molar-refractivity contribution in [2.45, 2.75) is 63.8 Å². The molecule has 5 rings (SSSR count). The van der Waals surface area contributed by atoms with Crippen LogP contribution in [0.15, 0.2) is 67.8 Å². The number of amides is 3. The van der Waals surface area contributed by atoms with Gasteiger partial charge in [-0.25, -0.2) is 0 Å². The van der Waals surface area contributed by atoms with Crippen LogP contribution in [0.1, 0.15) is 39.2 Å². The number of hydrogen-bond donors (Lipinski definition) is 1.